The Labute approximate surface area is 129 Å². The van der Waals surface area contributed by atoms with E-state index in [4.69, 9.17) is 4.74 Å². The minimum absolute atomic E-state index is 0.181. The molecule has 0 fully saturated rings. The van der Waals surface area contributed by atoms with Crippen molar-refractivity contribution >= 4 is 15.9 Å². The summed E-state index contributed by atoms with van der Waals surface area (Å²) in [4.78, 5) is 0. The zero-order chi connectivity index (χ0) is 14.5. The number of halogens is 1. The number of ether oxygens (including phenoxy) is 1. The highest BCUT2D eigenvalue weighted by Crippen LogP contribution is 2.31. The van der Waals surface area contributed by atoms with E-state index in [0.717, 1.165) is 16.8 Å². The van der Waals surface area contributed by atoms with Gasteiger partial charge in [-0.3, -0.25) is 0 Å². The second-order valence-electron chi connectivity index (χ2n) is 4.79. The second-order valence-corrected chi connectivity index (χ2v) is 5.64. The van der Waals surface area contributed by atoms with Gasteiger partial charge in [0.1, 0.15) is 5.75 Å². The third-order valence-electron chi connectivity index (χ3n) is 3.34. The highest BCUT2D eigenvalue weighted by atomic mass is 79.9. The van der Waals surface area contributed by atoms with Crippen LogP contribution >= 0.6 is 15.9 Å². The summed E-state index contributed by atoms with van der Waals surface area (Å²) in [6.45, 7) is 5.14. The molecule has 0 saturated carbocycles. The predicted molar refractivity (Wildman–Crippen MR) is 87.4 cm³/mol. The summed E-state index contributed by atoms with van der Waals surface area (Å²) in [5.41, 5.74) is 3.76. The van der Waals surface area contributed by atoms with Gasteiger partial charge in [0.15, 0.2) is 0 Å². The summed E-state index contributed by atoms with van der Waals surface area (Å²) < 4.78 is 6.32. The Hall–Kier alpha value is -1.32. The molecule has 2 aromatic rings. The Morgan fingerprint density at radius 1 is 1.15 bits per heavy atom. The van der Waals surface area contributed by atoms with Crippen LogP contribution in [0.5, 0.6) is 5.75 Å². The first-order chi connectivity index (χ1) is 9.65. The highest BCUT2D eigenvalue weighted by Gasteiger charge is 2.16. The zero-order valence-electron chi connectivity index (χ0n) is 12.1. The van der Waals surface area contributed by atoms with Crippen LogP contribution in [0, 0.1) is 6.92 Å². The summed E-state index contributed by atoms with van der Waals surface area (Å²) in [6, 6.07) is 15.0. The molecule has 106 valence electrons. The van der Waals surface area contributed by atoms with Crippen molar-refractivity contribution < 1.29 is 4.74 Å². The summed E-state index contributed by atoms with van der Waals surface area (Å²) >= 11 is 3.65. The average molecular weight is 334 g/mol. The van der Waals surface area contributed by atoms with E-state index in [1.165, 1.54) is 16.7 Å². The first-order valence-electron chi connectivity index (χ1n) is 6.79. The van der Waals surface area contributed by atoms with Gasteiger partial charge in [-0.1, -0.05) is 58.7 Å². The van der Waals surface area contributed by atoms with E-state index in [1.807, 2.05) is 12.1 Å². The lowest BCUT2D eigenvalue weighted by Gasteiger charge is -2.21. The van der Waals surface area contributed by atoms with Crippen LogP contribution in [0.2, 0.25) is 0 Å². The Morgan fingerprint density at radius 3 is 2.40 bits per heavy atom. The molecule has 0 amide bonds. The van der Waals surface area contributed by atoms with Gasteiger partial charge in [-0.15, -0.1) is 0 Å². The first-order valence-corrected chi connectivity index (χ1v) is 7.58. The van der Waals surface area contributed by atoms with Crippen LogP contribution in [-0.4, -0.2) is 13.7 Å². The van der Waals surface area contributed by atoms with Crippen molar-refractivity contribution in [3.63, 3.8) is 0 Å². The fourth-order valence-corrected chi connectivity index (χ4v) is 2.83. The van der Waals surface area contributed by atoms with Crippen molar-refractivity contribution in [3.8, 4) is 5.75 Å². The molecule has 1 atom stereocenters. The van der Waals surface area contributed by atoms with Crippen LogP contribution in [0.25, 0.3) is 0 Å². The maximum absolute atomic E-state index is 5.26. The van der Waals surface area contributed by atoms with E-state index >= 15 is 0 Å². The van der Waals surface area contributed by atoms with E-state index in [0.29, 0.717) is 0 Å². The molecule has 2 nitrogen and oxygen atoms in total. The fourth-order valence-electron chi connectivity index (χ4n) is 2.24. The Bertz CT molecular complexity index is 566. The lowest BCUT2D eigenvalue weighted by molar-refractivity contribution is 0.414. The quantitative estimate of drug-likeness (QED) is 0.871. The number of rotatable bonds is 5. The van der Waals surface area contributed by atoms with Crippen LogP contribution in [-0.2, 0) is 0 Å². The third-order valence-corrected chi connectivity index (χ3v) is 4.02. The van der Waals surface area contributed by atoms with Crippen LogP contribution in [0.3, 0.4) is 0 Å². The molecule has 0 aliphatic heterocycles. The molecule has 0 aromatic heterocycles. The third kappa shape index (κ3) is 3.41. The van der Waals surface area contributed by atoms with Crippen LogP contribution < -0.4 is 10.1 Å². The molecule has 2 aromatic carbocycles. The van der Waals surface area contributed by atoms with E-state index in [1.54, 1.807) is 7.11 Å². The maximum Gasteiger partial charge on any atom is 0.120 e. The maximum atomic E-state index is 5.26. The van der Waals surface area contributed by atoms with E-state index < -0.39 is 0 Å². The van der Waals surface area contributed by atoms with E-state index in [9.17, 15) is 0 Å². The molecular formula is C17H20BrNO. The molecule has 0 spiro atoms. The van der Waals surface area contributed by atoms with Crippen molar-refractivity contribution in [2.45, 2.75) is 19.9 Å². The van der Waals surface area contributed by atoms with Crippen molar-refractivity contribution in [2.24, 2.45) is 0 Å². The molecule has 20 heavy (non-hydrogen) atoms. The minimum atomic E-state index is 0.181. The molecule has 3 heteroatoms. The number of hydrogen-bond acceptors (Lipinski definition) is 2. The number of aryl methyl sites for hydroxylation is 1. The van der Waals surface area contributed by atoms with E-state index in [2.05, 4.69) is 65.4 Å². The van der Waals surface area contributed by atoms with Gasteiger partial charge >= 0.3 is 0 Å². The molecule has 2 rings (SSSR count). The zero-order valence-corrected chi connectivity index (χ0v) is 13.7. The second kappa shape index (κ2) is 6.91. The van der Waals surface area contributed by atoms with Gasteiger partial charge in [0, 0.05) is 4.47 Å². The Balaban J connectivity index is 2.40. The molecule has 1 unspecified atom stereocenters. The van der Waals surface area contributed by atoms with Crippen LogP contribution in [0.1, 0.15) is 29.7 Å². The Kier molecular flexibility index (Phi) is 5.21. The van der Waals surface area contributed by atoms with Crippen molar-refractivity contribution in [1.29, 1.82) is 0 Å². The molecular weight excluding hydrogens is 314 g/mol. The minimum Gasteiger partial charge on any atom is -0.497 e. The number of benzene rings is 2. The normalized spacial score (nSPS) is 12.2. The molecule has 1 N–H and O–H groups in total. The lowest BCUT2D eigenvalue weighted by atomic mass is 9.97. The summed E-state index contributed by atoms with van der Waals surface area (Å²) in [5, 5.41) is 3.54. The van der Waals surface area contributed by atoms with Crippen molar-refractivity contribution in [3.05, 3.63) is 63.6 Å². The van der Waals surface area contributed by atoms with E-state index in [-0.39, 0.29) is 6.04 Å². The SMILES string of the molecule is CCNC(c1ccc(C)cc1)c1ccc(OC)cc1Br. The lowest BCUT2D eigenvalue weighted by Crippen LogP contribution is -2.22. The Morgan fingerprint density at radius 2 is 1.85 bits per heavy atom. The van der Waals surface area contributed by atoms with Crippen molar-refractivity contribution in [2.75, 3.05) is 13.7 Å². The average Bonchev–Trinajstić information content (AvgIpc) is 2.46. The standard InChI is InChI=1S/C17H20BrNO/c1-4-19-17(13-7-5-12(2)6-8-13)15-10-9-14(20-3)11-16(15)18/h5-11,17,19H,4H2,1-3H3. The molecule has 0 aliphatic rings. The summed E-state index contributed by atoms with van der Waals surface area (Å²) in [6.07, 6.45) is 0. The molecule has 0 radical (unpaired) electrons. The predicted octanol–water partition coefficient (Wildman–Crippen LogP) is 4.47. The summed E-state index contributed by atoms with van der Waals surface area (Å²) in [5.74, 6) is 0.861. The van der Waals surface area contributed by atoms with Gasteiger partial charge < -0.3 is 10.1 Å². The van der Waals surface area contributed by atoms with Gasteiger partial charge in [-0.2, -0.15) is 0 Å². The van der Waals surface area contributed by atoms with Gasteiger partial charge in [0.2, 0.25) is 0 Å². The largest absolute Gasteiger partial charge is 0.497 e. The monoisotopic (exact) mass is 333 g/mol. The van der Waals surface area contributed by atoms with Gasteiger partial charge in [-0.05, 0) is 36.7 Å². The number of methoxy groups -OCH3 is 1. The van der Waals surface area contributed by atoms with Gasteiger partial charge in [-0.25, -0.2) is 0 Å². The molecule has 0 heterocycles. The van der Waals surface area contributed by atoms with Crippen molar-refractivity contribution in [1.82, 2.24) is 5.32 Å². The first kappa shape index (κ1) is 15.1. The van der Waals surface area contributed by atoms with Crippen LogP contribution in [0.15, 0.2) is 46.9 Å². The molecule has 0 saturated heterocycles. The van der Waals surface area contributed by atoms with Gasteiger partial charge in [0.05, 0.1) is 13.2 Å². The summed E-state index contributed by atoms with van der Waals surface area (Å²) in [7, 11) is 1.68. The number of nitrogens with one attached hydrogen (secondary N) is 1. The molecule has 0 aliphatic carbocycles. The topological polar surface area (TPSA) is 21.3 Å². The number of hydrogen-bond donors (Lipinski definition) is 1. The fraction of sp³-hybridized carbons (Fsp3) is 0.294. The van der Waals surface area contributed by atoms with Crippen LogP contribution in [0.4, 0.5) is 0 Å². The smallest absolute Gasteiger partial charge is 0.120 e. The molecule has 0 bridgehead atoms. The highest BCUT2D eigenvalue weighted by molar-refractivity contribution is 9.10. The van der Waals surface area contributed by atoms with Gasteiger partial charge in [0.25, 0.3) is 0 Å².